The molecule has 1 unspecified atom stereocenters. The van der Waals surface area contributed by atoms with Crippen molar-refractivity contribution in [2.24, 2.45) is 0 Å². The third-order valence-electron chi connectivity index (χ3n) is 12.2. The van der Waals surface area contributed by atoms with Gasteiger partial charge in [-0.05, 0) is 122 Å². The van der Waals surface area contributed by atoms with Crippen LogP contribution in [-0.4, -0.2) is 37.2 Å². The molecule has 0 aromatic carbocycles. The Morgan fingerprint density at radius 3 is 0.930 bits per heavy atom. The fraction of sp³-hybridized carbons (Fsp3) is 0.677. The van der Waals surface area contributed by atoms with E-state index in [-0.39, 0.29) is 31.1 Å². The fourth-order valence-corrected chi connectivity index (χ4v) is 7.83. The standard InChI is InChI=1S/C65H108O6/c1-4-7-10-13-16-19-22-25-27-28-29-30-31-32-33-34-35-36-38-40-43-46-49-52-55-58-64(67)70-61-62(60-69-63(66)57-54-51-48-45-42-39-24-21-18-15-12-9-6-3)71-65(68)59-56-53-50-47-44-41-37-26-23-20-17-14-11-8-5-2/h7,10,12,15-16,19,21,24-27,29-30,32-33,35-37,62H,4-6,8-9,11,13-14,17-18,20,22-23,28,31,34,38-61H2,1-3H3/b10-7-,15-12-,19-16-,24-21-,27-25-,30-29-,33-32-,36-35-,37-26-. The Labute approximate surface area is 438 Å². The molecule has 6 heteroatoms. The van der Waals surface area contributed by atoms with E-state index >= 15 is 0 Å². The fourth-order valence-electron chi connectivity index (χ4n) is 7.83. The van der Waals surface area contributed by atoms with Crippen molar-refractivity contribution < 1.29 is 28.6 Å². The maximum absolute atomic E-state index is 12.8. The molecule has 0 aliphatic carbocycles. The van der Waals surface area contributed by atoms with E-state index in [2.05, 4.69) is 130 Å². The molecule has 404 valence electrons. The maximum atomic E-state index is 12.8. The zero-order chi connectivity index (χ0) is 51.4. The number of hydrogen-bond acceptors (Lipinski definition) is 6. The third kappa shape index (κ3) is 56.9. The SMILES string of the molecule is CC/C=C\C/C=C\C/C=C\C/C=C\C/C=C\C/C=C\CCCCCCCCC(=O)OCC(COC(=O)CCCCCCC/C=C\C/C=C\CCC)OC(=O)CCCCCCC/C=C\CCCCCCCC. The second kappa shape index (κ2) is 58.6. The third-order valence-corrected chi connectivity index (χ3v) is 12.2. The van der Waals surface area contributed by atoms with Crippen LogP contribution in [0, 0.1) is 0 Å². The molecule has 0 bridgehead atoms. The highest BCUT2D eigenvalue weighted by atomic mass is 16.6. The Bertz CT molecular complexity index is 1460. The minimum atomic E-state index is -0.796. The Balaban J connectivity index is 4.39. The molecule has 0 aromatic rings. The molecule has 0 fully saturated rings. The molecule has 6 nitrogen and oxygen atoms in total. The molecule has 0 saturated heterocycles. The lowest BCUT2D eigenvalue weighted by atomic mass is 10.1. The molecule has 71 heavy (non-hydrogen) atoms. The van der Waals surface area contributed by atoms with Crippen molar-refractivity contribution >= 4 is 17.9 Å². The van der Waals surface area contributed by atoms with E-state index in [1.54, 1.807) is 0 Å². The molecule has 0 aromatic heterocycles. The van der Waals surface area contributed by atoms with Gasteiger partial charge < -0.3 is 14.2 Å². The highest BCUT2D eigenvalue weighted by molar-refractivity contribution is 5.71. The van der Waals surface area contributed by atoms with E-state index in [0.29, 0.717) is 19.3 Å². The van der Waals surface area contributed by atoms with Crippen LogP contribution in [0.1, 0.15) is 265 Å². The van der Waals surface area contributed by atoms with Crippen molar-refractivity contribution in [2.75, 3.05) is 13.2 Å². The summed E-state index contributed by atoms with van der Waals surface area (Å²) < 4.78 is 16.8. The summed E-state index contributed by atoms with van der Waals surface area (Å²) in [7, 11) is 0. The smallest absolute Gasteiger partial charge is 0.306 e. The van der Waals surface area contributed by atoms with Crippen molar-refractivity contribution in [3.05, 3.63) is 109 Å². The van der Waals surface area contributed by atoms with Gasteiger partial charge in [0.1, 0.15) is 13.2 Å². The Hall–Kier alpha value is -3.93. The van der Waals surface area contributed by atoms with Gasteiger partial charge in [-0.1, -0.05) is 233 Å². The average Bonchev–Trinajstić information content (AvgIpc) is 3.37. The zero-order valence-corrected chi connectivity index (χ0v) is 46.2. The van der Waals surface area contributed by atoms with Gasteiger partial charge in [-0.25, -0.2) is 0 Å². The number of carbonyl (C=O) groups is 3. The second-order valence-electron chi connectivity index (χ2n) is 19.2. The van der Waals surface area contributed by atoms with Crippen LogP contribution in [0.5, 0.6) is 0 Å². The summed E-state index contributed by atoms with van der Waals surface area (Å²) in [6, 6.07) is 0. The molecule has 0 N–H and O–H groups in total. The molecule has 0 aliphatic heterocycles. The first kappa shape index (κ1) is 67.1. The Morgan fingerprint density at radius 2 is 0.577 bits per heavy atom. The quantitative estimate of drug-likeness (QED) is 0.0261. The summed E-state index contributed by atoms with van der Waals surface area (Å²) in [6.45, 7) is 6.43. The van der Waals surface area contributed by atoms with E-state index in [9.17, 15) is 14.4 Å². The van der Waals surface area contributed by atoms with E-state index < -0.39 is 6.10 Å². The van der Waals surface area contributed by atoms with Gasteiger partial charge in [-0.3, -0.25) is 14.4 Å². The van der Waals surface area contributed by atoms with Crippen LogP contribution in [0.4, 0.5) is 0 Å². The number of allylic oxidation sites excluding steroid dienone is 18. The van der Waals surface area contributed by atoms with Gasteiger partial charge in [0.05, 0.1) is 0 Å². The predicted molar refractivity (Wildman–Crippen MR) is 307 cm³/mol. The van der Waals surface area contributed by atoms with Gasteiger partial charge in [-0.15, -0.1) is 0 Å². The van der Waals surface area contributed by atoms with Crippen LogP contribution < -0.4 is 0 Å². The number of ether oxygens (including phenoxy) is 3. The first-order valence-corrected chi connectivity index (χ1v) is 29.4. The molecular weight excluding hydrogens is 877 g/mol. The summed E-state index contributed by atoms with van der Waals surface area (Å²) in [6.07, 6.45) is 79.3. The first-order chi connectivity index (χ1) is 35.0. The molecule has 0 saturated carbocycles. The van der Waals surface area contributed by atoms with E-state index in [1.165, 1.54) is 70.6 Å². The minimum absolute atomic E-state index is 0.0945. The lowest BCUT2D eigenvalue weighted by molar-refractivity contribution is -0.167. The van der Waals surface area contributed by atoms with Gasteiger partial charge in [0.15, 0.2) is 6.10 Å². The van der Waals surface area contributed by atoms with Crippen molar-refractivity contribution in [3.8, 4) is 0 Å². The number of unbranched alkanes of at least 4 members (excludes halogenated alkanes) is 23. The van der Waals surface area contributed by atoms with Crippen LogP contribution in [0.2, 0.25) is 0 Å². The van der Waals surface area contributed by atoms with Crippen LogP contribution in [0.3, 0.4) is 0 Å². The van der Waals surface area contributed by atoms with E-state index in [1.807, 2.05) is 0 Å². The minimum Gasteiger partial charge on any atom is -0.462 e. The summed E-state index contributed by atoms with van der Waals surface area (Å²) in [5.74, 6) is -0.930. The lowest BCUT2D eigenvalue weighted by Crippen LogP contribution is -2.30. The van der Waals surface area contributed by atoms with Crippen LogP contribution in [0.25, 0.3) is 0 Å². The largest absolute Gasteiger partial charge is 0.462 e. The van der Waals surface area contributed by atoms with Crippen molar-refractivity contribution in [3.63, 3.8) is 0 Å². The predicted octanol–water partition coefficient (Wildman–Crippen LogP) is 19.9. The van der Waals surface area contributed by atoms with Crippen LogP contribution >= 0.6 is 0 Å². The molecule has 0 amide bonds. The monoisotopic (exact) mass is 985 g/mol. The molecule has 0 heterocycles. The molecule has 0 radical (unpaired) electrons. The average molecular weight is 986 g/mol. The second-order valence-corrected chi connectivity index (χ2v) is 19.2. The summed E-state index contributed by atoms with van der Waals surface area (Å²) in [5.41, 5.74) is 0. The summed E-state index contributed by atoms with van der Waals surface area (Å²) in [4.78, 5) is 38.2. The van der Waals surface area contributed by atoms with Crippen LogP contribution in [-0.2, 0) is 28.6 Å². The van der Waals surface area contributed by atoms with Gasteiger partial charge >= 0.3 is 17.9 Å². The van der Waals surface area contributed by atoms with E-state index in [4.69, 9.17) is 14.2 Å². The summed E-state index contributed by atoms with van der Waals surface area (Å²) >= 11 is 0. The Kier molecular flexibility index (Phi) is 55.4. The highest BCUT2D eigenvalue weighted by Gasteiger charge is 2.19. The van der Waals surface area contributed by atoms with Crippen molar-refractivity contribution in [2.45, 2.75) is 271 Å². The van der Waals surface area contributed by atoms with Gasteiger partial charge in [0, 0.05) is 19.3 Å². The van der Waals surface area contributed by atoms with Crippen molar-refractivity contribution in [1.82, 2.24) is 0 Å². The number of carbonyl (C=O) groups excluding carboxylic acids is 3. The van der Waals surface area contributed by atoms with Crippen molar-refractivity contribution in [1.29, 1.82) is 0 Å². The molecule has 0 aliphatic rings. The van der Waals surface area contributed by atoms with Crippen LogP contribution in [0.15, 0.2) is 109 Å². The normalized spacial score (nSPS) is 12.9. The van der Waals surface area contributed by atoms with Gasteiger partial charge in [-0.2, -0.15) is 0 Å². The Morgan fingerprint density at radius 1 is 0.296 bits per heavy atom. The molecule has 1 atom stereocenters. The van der Waals surface area contributed by atoms with Gasteiger partial charge in [0.2, 0.25) is 0 Å². The number of rotatable bonds is 52. The summed E-state index contributed by atoms with van der Waals surface area (Å²) in [5, 5.41) is 0. The molecule has 0 spiro atoms. The maximum Gasteiger partial charge on any atom is 0.306 e. The van der Waals surface area contributed by atoms with E-state index in [0.717, 1.165) is 154 Å². The molecular formula is C65H108O6. The zero-order valence-electron chi connectivity index (χ0n) is 46.2. The topological polar surface area (TPSA) is 78.9 Å². The number of esters is 3. The van der Waals surface area contributed by atoms with Gasteiger partial charge in [0.25, 0.3) is 0 Å². The number of hydrogen-bond donors (Lipinski definition) is 0. The lowest BCUT2D eigenvalue weighted by Gasteiger charge is -2.18. The highest BCUT2D eigenvalue weighted by Crippen LogP contribution is 2.14. The first-order valence-electron chi connectivity index (χ1n) is 29.4. The molecule has 0 rings (SSSR count).